The highest BCUT2D eigenvalue weighted by Crippen LogP contribution is 2.39. The maximum absolute atomic E-state index is 12.4. The Hall–Kier alpha value is -4.34. The maximum Gasteiger partial charge on any atom is 0.303 e. The van der Waals surface area contributed by atoms with Crippen LogP contribution in [-0.4, -0.2) is 46.7 Å². The normalized spacial score (nSPS) is 17.6. The molecule has 0 aromatic heterocycles. The van der Waals surface area contributed by atoms with E-state index in [-0.39, 0.29) is 31.1 Å². The molecule has 8 heteroatoms. The van der Waals surface area contributed by atoms with Crippen molar-refractivity contribution in [2.24, 2.45) is 0 Å². The number of hydrogen-bond acceptors (Lipinski definition) is 6. The van der Waals surface area contributed by atoms with Gasteiger partial charge in [-0.25, -0.2) is 0 Å². The molecular weight excluding hydrogens is 616 g/mol. The van der Waals surface area contributed by atoms with E-state index < -0.39 is 12.3 Å². The fourth-order valence-corrected chi connectivity index (χ4v) is 6.27. The molecule has 258 valence electrons. The first-order chi connectivity index (χ1) is 23.9. The molecule has 0 bridgehead atoms. The van der Waals surface area contributed by atoms with Gasteiger partial charge in [-0.2, -0.15) is 0 Å². The van der Waals surface area contributed by atoms with Gasteiger partial charge in [-0.1, -0.05) is 104 Å². The Morgan fingerprint density at radius 2 is 1.45 bits per heavy atom. The number of carbonyl (C=O) groups is 2. The highest BCUT2D eigenvalue weighted by Gasteiger charge is 2.33. The van der Waals surface area contributed by atoms with Crippen LogP contribution in [0.5, 0.6) is 0 Å². The third kappa shape index (κ3) is 11.4. The smallest absolute Gasteiger partial charge is 0.303 e. The second kappa shape index (κ2) is 18.4. The molecule has 0 saturated carbocycles. The first-order valence-electron chi connectivity index (χ1n) is 17.3. The number of unbranched alkanes of at least 4 members (excludes halogenated alkanes) is 3. The summed E-state index contributed by atoms with van der Waals surface area (Å²) in [6.45, 7) is 2.01. The van der Waals surface area contributed by atoms with Gasteiger partial charge in [-0.05, 0) is 65.4 Å². The summed E-state index contributed by atoms with van der Waals surface area (Å²) >= 11 is 0. The Morgan fingerprint density at radius 1 is 0.755 bits per heavy atom. The van der Waals surface area contributed by atoms with Gasteiger partial charge in [0.05, 0.1) is 18.8 Å². The summed E-state index contributed by atoms with van der Waals surface area (Å²) in [6.07, 6.45) is 3.62. The fraction of sp³-hybridized carbons (Fsp3) is 0.366. The fourth-order valence-electron chi connectivity index (χ4n) is 6.27. The lowest BCUT2D eigenvalue weighted by molar-refractivity contribution is -0.252. The zero-order chi connectivity index (χ0) is 34.4. The van der Waals surface area contributed by atoms with Crippen molar-refractivity contribution in [2.75, 3.05) is 13.6 Å². The van der Waals surface area contributed by atoms with Crippen molar-refractivity contribution < 1.29 is 29.3 Å². The summed E-state index contributed by atoms with van der Waals surface area (Å²) in [6, 6.07) is 34.8. The molecule has 5 rings (SSSR count). The minimum absolute atomic E-state index is 0.00162. The van der Waals surface area contributed by atoms with Gasteiger partial charge in [0.15, 0.2) is 6.29 Å². The molecule has 8 nitrogen and oxygen atoms in total. The summed E-state index contributed by atoms with van der Waals surface area (Å²) in [5, 5.41) is 21.3. The zero-order valence-corrected chi connectivity index (χ0v) is 28.3. The Morgan fingerprint density at radius 3 is 2.18 bits per heavy atom. The number of aliphatic hydroxyl groups excluding tert-OH is 1. The number of carbonyl (C=O) groups excluding carboxylic acids is 1. The Bertz CT molecular complexity index is 1630. The second-order valence-electron chi connectivity index (χ2n) is 12.9. The van der Waals surface area contributed by atoms with Gasteiger partial charge in [0.1, 0.15) is 0 Å². The predicted octanol–water partition coefficient (Wildman–Crippen LogP) is 7.56. The third-order valence-electron chi connectivity index (χ3n) is 8.88. The molecule has 3 N–H and O–H groups in total. The Labute approximate surface area is 289 Å². The van der Waals surface area contributed by atoms with Gasteiger partial charge in [-0.3, -0.25) is 14.5 Å². The molecule has 3 atom stereocenters. The molecule has 49 heavy (non-hydrogen) atoms. The number of carboxylic acid groups (broad SMARTS) is 1. The van der Waals surface area contributed by atoms with Gasteiger partial charge in [-0.15, -0.1) is 0 Å². The van der Waals surface area contributed by atoms with E-state index >= 15 is 0 Å². The molecule has 0 spiro atoms. The van der Waals surface area contributed by atoms with Gasteiger partial charge >= 0.3 is 5.97 Å². The number of rotatable bonds is 17. The topological polar surface area (TPSA) is 108 Å². The molecule has 0 radical (unpaired) electrons. The lowest BCUT2D eigenvalue weighted by Crippen LogP contribution is -2.37. The number of likely N-dealkylation sites (N-methyl/N-ethyl adjacent to an activating group) is 1. The third-order valence-corrected chi connectivity index (χ3v) is 8.88. The summed E-state index contributed by atoms with van der Waals surface area (Å²) in [5.41, 5.74) is 7.20. The molecule has 4 aromatic carbocycles. The highest BCUT2D eigenvalue weighted by molar-refractivity contribution is 5.76. The molecular formula is C41H48N2O6. The largest absolute Gasteiger partial charge is 0.481 e. The molecule has 1 saturated heterocycles. The lowest BCUT2D eigenvalue weighted by atomic mass is 9.98. The van der Waals surface area contributed by atoms with Crippen LogP contribution >= 0.6 is 0 Å². The SMILES string of the molecule is CN(Cc1ccccc1)CC1CC(c2ccc(CO)cc2)OC(c2cccc(-c3cccc(CNC(=O)CCCCCCC(=O)O)c3)c2)O1. The Balaban J connectivity index is 1.24. The van der Waals surface area contributed by atoms with Crippen molar-refractivity contribution in [2.45, 2.75) is 83.1 Å². The highest BCUT2D eigenvalue weighted by atomic mass is 16.7. The van der Waals surface area contributed by atoms with Gasteiger partial charge in [0.2, 0.25) is 5.91 Å². The minimum atomic E-state index is -0.774. The first kappa shape index (κ1) is 36.0. The number of carboxylic acids is 1. The molecule has 1 aliphatic heterocycles. The number of nitrogens with zero attached hydrogens (tertiary/aromatic N) is 1. The van der Waals surface area contributed by atoms with Crippen LogP contribution in [0.15, 0.2) is 103 Å². The average Bonchev–Trinajstić information content (AvgIpc) is 3.12. The number of hydrogen-bond donors (Lipinski definition) is 3. The van der Waals surface area contributed by atoms with E-state index in [9.17, 15) is 14.7 Å². The van der Waals surface area contributed by atoms with E-state index in [2.05, 4.69) is 65.8 Å². The van der Waals surface area contributed by atoms with E-state index in [4.69, 9.17) is 14.6 Å². The number of ether oxygens (including phenoxy) is 2. The van der Waals surface area contributed by atoms with Gasteiger partial charge < -0.3 is 25.0 Å². The molecule has 0 aliphatic carbocycles. The van der Waals surface area contributed by atoms with Crippen LogP contribution in [0.25, 0.3) is 11.1 Å². The van der Waals surface area contributed by atoms with E-state index in [1.807, 2.05) is 54.6 Å². The van der Waals surface area contributed by atoms with Crippen LogP contribution in [0.2, 0.25) is 0 Å². The summed E-state index contributed by atoms with van der Waals surface area (Å²) < 4.78 is 13.3. The molecule has 1 amide bonds. The summed E-state index contributed by atoms with van der Waals surface area (Å²) in [5.74, 6) is -0.772. The van der Waals surface area contributed by atoms with Crippen LogP contribution < -0.4 is 5.32 Å². The number of amides is 1. The van der Waals surface area contributed by atoms with Crippen LogP contribution in [-0.2, 0) is 38.8 Å². The van der Waals surface area contributed by atoms with Crippen molar-refractivity contribution in [1.82, 2.24) is 10.2 Å². The zero-order valence-electron chi connectivity index (χ0n) is 28.3. The monoisotopic (exact) mass is 664 g/mol. The number of aliphatic hydroxyl groups is 1. The molecule has 1 fully saturated rings. The maximum atomic E-state index is 12.4. The first-order valence-corrected chi connectivity index (χ1v) is 17.3. The van der Waals surface area contributed by atoms with Crippen molar-refractivity contribution in [3.63, 3.8) is 0 Å². The number of aliphatic carboxylic acids is 1. The van der Waals surface area contributed by atoms with Crippen LogP contribution in [0.3, 0.4) is 0 Å². The van der Waals surface area contributed by atoms with E-state index in [0.717, 1.165) is 65.7 Å². The van der Waals surface area contributed by atoms with Crippen molar-refractivity contribution in [1.29, 1.82) is 0 Å². The van der Waals surface area contributed by atoms with E-state index in [1.165, 1.54) is 5.56 Å². The van der Waals surface area contributed by atoms with Gasteiger partial charge in [0, 0.05) is 44.5 Å². The number of nitrogens with one attached hydrogen (secondary N) is 1. The second-order valence-corrected chi connectivity index (χ2v) is 12.9. The molecule has 1 aliphatic rings. The van der Waals surface area contributed by atoms with E-state index in [0.29, 0.717) is 25.8 Å². The van der Waals surface area contributed by atoms with Crippen LogP contribution in [0.1, 0.15) is 85.2 Å². The minimum Gasteiger partial charge on any atom is -0.481 e. The summed E-state index contributed by atoms with van der Waals surface area (Å²) in [4.78, 5) is 25.4. The Kier molecular flexibility index (Phi) is 13.5. The lowest BCUT2D eigenvalue weighted by Gasteiger charge is -2.38. The van der Waals surface area contributed by atoms with Gasteiger partial charge in [0.25, 0.3) is 0 Å². The van der Waals surface area contributed by atoms with Crippen molar-refractivity contribution >= 4 is 11.9 Å². The number of benzene rings is 4. The molecule has 3 unspecified atom stereocenters. The van der Waals surface area contributed by atoms with Crippen molar-refractivity contribution in [3.05, 3.63) is 131 Å². The summed E-state index contributed by atoms with van der Waals surface area (Å²) in [7, 11) is 2.12. The predicted molar refractivity (Wildman–Crippen MR) is 190 cm³/mol. The quantitative estimate of drug-likeness (QED) is 0.100. The van der Waals surface area contributed by atoms with E-state index in [1.54, 1.807) is 0 Å². The molecule has 4 aromatic rings. The standard InChI is InChI=1S/C41H48N2O6/c1-43(27-30-11-5-4-6-12-30)28-37-25-38(33-21-19-31(29-44)20-22-33)49-41(48-37)36-16-10-15-35(24-36)34-14-9-13-32(23-34)26-42-39(45)17-7-2-3-8-18-40(46)47/h4-6,9-16,19-24,37-38,41,44H,2-3,7-8,17-18,25-29H2,1H3,(H,42,45)(H,46,47). The van der Waals surface area contributed by atoms with Crippen LogP contribution in [0, 0.1) is 0 Å². The van der Waals surface area contributed by atoms with Crippen molar-refractivity contribution in [3.8, 4) is 11.1 Å². The average molecular weight is 665 g/mol. The molecule has 1 heterocycles. The van der Waals surface area contributed by atoms with Crippen LogP contribution in [0.4, 0.5) is 0 Å².